The van der Waals surface area contributed by atoms with Gasteiger partial charge in [0.1, 0.15) is 0 Å². The van der Waals surface area contributed by atoms with Crippen LogP contribution in [0.1, 0.15) is 12.5 Å². The van der Waals surface area contributed by atoms with Gasteiger partial charge >= 0.3 is 0 Å². The Hall–Kier alpha value is -0.580. The normalized spacial score (nSPS) is 13.7. The van der Waals surface area contributed by atoms with Crippen LogP contribution in [-0.2, 0) is 15.6 Å². The van der Waals surface area contributed by atoms with Crippen molar-refractivity contribution in [2.75, 3.05) is 12.3 Å². The number of hydrogen-bond acceptors (Lipinski definition) is 3. The molecule has 16 heavy (non-hydrogen) atoms. The van der Waals surface area contributed by atoms with Crippen molar-refractivity contribution in [1.29, 1.82) is 0 Å². The van der Waals surface area contributed by atoms with E-state index >= 15 is 0 Å². The zero-order chi connectivity index (χ0) is 12.2. The van der Waals surface area contributed by atoms with Gasteiger partial charge in [-0.05, 0) is 24.1 Å². The number of rotatable bonds is 5. The van der Waals surface area contributed by atoms with E-state index in [2.05, 4.69) is 0 Å². The largest absolute Gasteiger partial charge is 0.330 e. The topological polar surface area (TPSA) is 60.2 Å². The van der Waals surface area contributed by atoms with Gasteiger partial charge < -0.3 is 5.73 Å². The minimum absolute atomic E-state index is 0.0169. The molecule has 0 aliphatic carbocycles. The third-order valence-corrected chi connectivity index (χ3v) is 4.47. The average molecular weight is 262 g/mol. The molecule has 0 radical (unpaired) electrons. The molecule has 0 saturated carbocycles. The fourth-order valence-electron chi connectivity index (χ4n) is 1.41. The summed E-state index contributed by atoms with van der Waals surface area (Å²) in [4.78, 5) is 0. The summed E-state index contributed by atoms with van der Waals surface area (Å²) in [5, 5.41) is 0.492. The molecule has 1 rings (SSSR count). The molecule has 0 aliphatic heterocycles. The van der Waals surface area contributed by atoms with Gasteiger partial charge in [0.05, 0.1) is 11.5 Å². The first-order chi connectivity index (χ1) is 7.44. The molecule has 2 N–H and O–H groups in total. The molecule has 0 aliphatic rings. The van der Waals surface area contributed by atoms with E-state index in [0.29, 0.717) is 17.1 Å². The molecule has 0 amide bonds. The molecule has 0 spiro atoms. The zero-order valence-electron chi connectivity index (χ0n) is 9.19. The van der Waals surface area contributed by atoms with E-state index in [0.717, 1.165) is 0 Å². The van der Waals surface area contributed by atoms with Crippen LogP contribution >= 0.6 is 11.6 Å². The molecule has 0 fully saturated rings. The minimum Gasteiger partial charge on any atom is -0.330 e. The van der Waals surface area contributed by atoms with Crippen molar-refractivity contribution in [2.45, 2.75) is 12.7 Å². The van der Waals surface area contributed by atoms with Crippen molar-refractivity contribution in [3.05, 3.63) is 34.9 Å². The summed E-state index contributed by atoms with van der Waals surface area (Å²) in [6, 6.07) is 6.98. The van der Waals surface area contributed by atoms with E-state index in [1.807, 2.05) is 6.92 Å². The molecular formula is C11H16ClNO2S. The predicted molar refractivity (Wildman–Crippen MR) is 67.2 cm³/mol. The van der Waals surface area contributed by atoms with Crippen LogP contribution in [0.2, 0.25) is 5.02 Å². The van der Waals surface area contributed by atoms with Crippen LogP contribution < -0.4 is 5.73 Å². The van der Waals surface area contributed by atoms with Crippen LogP contribution in [-0.4, -0.2) is 20.7 Å². The Morgan fingerprint density at radius 1 is 1.38 bits per heavy atom. The Labute approximate surface area is 102 Å². The summed E-state index contributed by atoms with van der Waals surface area (Å²) in [5.74, 6) is 0.0682. The molecule has 1 unspecified atom stereocenters. The van der Waals surface area contributed by atoms with Gasteiger partial charge in [0.2, 0.25) is 0 Å². The lowest BCUT2D eigenvalue weighted by molar-refractivity contribution is 0.573. The summed E-state index contributed by atoms with van der Waals surface area (Å²) >= 11 is 5.91. The maximum Gasteiger partial charge on any atom is 0.154 e. The third-order valence-electron chi connectivity index (χ3n) is 2.27. The van der Waals surface area contributed by atoms with Gasteiger partial charge in [0.15, 0.2) is 9.84 Å². The zero-order valence-corrected chi connectivity index (χ0v) is 10.8. The summed E-state index contributed by atoms with van der Waals surface area (Å²) in [6.45, 7) is 2.20. The Kier molecular flexibility index (Phi) is 4.77. The fourth-order valence-corrected chi connectivity index (χ4v) is 3.54. The summed E-state index contributed by atoms with van der Waals surface area (Å²) in [6.07, 6.45) is 0. The van der Waals surface area contributed by atoms with E-state index in [4.69, 9.17) is 17.3 Å². The maximum absolute atomic E-state index is 11.8. The SMILES string of the molecule is CC(CN)CS(=O)(=O)Cc1ccccc1Cl. The van der Waals surface area contributed by atoms with E-state index in [1.165, 1.54) is 0 Å². The fraction of sp³-hybridized carbons (Fsp3) is 0.455. The molecular weight excluding hydrogens is 246 g/mol. The van der Waals surface area contributed by atoms with Gasteiger partial charge in [0.25, 0.3) is 0 Å². The van der Waals surface area contributed by atoms with Gasteiger partial charge in [0, 0.05) is 5.02 Å². The highest BCUT2D eigenvalue weighted by Gasteiger charge is 2.16. The standard InChI is InChI=1S/C11H16ClNO2S/c1-9(6-13)7-16(14,15)8-10-4-2-3-5-11(10)12/h2-5,9H,6-8,13H2,1H3. The average Bonchev–Trinajstić information content (AvgIpc) is 2.20. The summed E-state index contributed by atoms with van der Waals surface area (Å²) in [7, 11) is -3.13. The number of nitrogens with two attached hydrogens (primary N) is 1. The molecule has 0 aromatic heterocycles. The quantitative estimate of drug-likeness (QED) is 0.880. The highest BCUT2D eigenvalue weighted by Crippen LogP contribution is 2.18. The van der Waals surface area contributed by atoms with Gasteiger partial charge in [-0.3, -0.25) is 0 Å². The van der Waals surface area contributed by atoms with Crippen molar-refractivity contribution in [2.24, 2.45) is 11.7 Å². The molecule has 1 atom stereocenters. The monoisotopic (exact) mass is 261 g/mol. The molecule has 0 saturated heterocycles. The molecule has 5 heteroatoms. The van der Waals surface area contributed by atoms with Crippen molar-refractivity contribution in [3.63, 3.8) is 0 Å². The van der Waals surface area contributed by atoms with Crippen molar-refractivity contribution in [1.82, 2.24) is 0 Å². The van der Waals surface area contributed by atoms with E-state index in [9.17, 15) is 8.42 Å². The number of hydrogen-bond donors (Lipinski definition) is 1. The van der Waals surface area contributed by atoms with Crippen molar-refractivity contribution in [3.8, 4) is 0 Å². The van der Waals surface area contributed by atoms with E-state index in [-0.39, 0.29) is 17.4 Å². The van der Waals surface area contributed by atoms with Crippen LogP contribution in [0, 0.1) is 5.92 Å². The smallest absolute Gasteiger partial charge is 0.154 e. The predicted octanol–water partition coefficient (Wildman–Crippen LogP) is 1.85. The minimum atomic E-state index is -3.13. The Morgan fingerprint density at radius 3 is 2.56 bits per heavy atom. The summed E-state index contributed by atoms with van der Waals surface area (Å²) in [5.41, 5.74) is 6.06. The second-order valence-corrected chi connectivity index (χ2v) is 6.50. The van der Waals surface area contributed by atoms with Gasteiger partial charge in [-0.15, -0.1) is 0 Å². The van der Waals surface area contributed by atoms with Crippen LogP contribution in [0.3, 0.4) is 0 Å². The Balaban J connectivity index is 2.77. The van der Waals surface area contributed by atoms with Crippen LogP contribution in [0.4, 0.5) is 0 Å². The van der Waals surface area contributed by atoms with Crippen molar-refractivity contribution < 1.29 is 8.42 Å². The highest BCUT2D eigenvalue weighted by molar-refractivity contribution is 7.90. The summed E-state index contributed by atoms with van der Waals surface area (Å²) < 4.78 is 23.6. The molecule has 90 valence electrons. The molecule has 1 aromatic rings. The van der Waals surface area contributed by atoms with Gasteiger partial charge in [-0.25, -0.2) is 8.42 Å². The maximum atomic E-state index is 11.8. The number of halogens is 1. The van der Waals surface area contributed by atoms with E-state index in [1.54, 1.807) is 24.3 Å². The molecule has 3 nitrogen and oxygen atoms in total. The van der Waals surface area contributed by atoms with Gasteiger partial charge in [-0.1, -0.05) is 36.7 Å². The van der Waals surface area contributed by atoms with Crippen LogP contribution in [0.5, 0.6) is 0 Å². The first-order valence-electron chi connectivity index (χ1n) is 5.08. The lowest BCUT2D eigenvalue weighted by Crippen LogP contribution is -2.22. The highest BCUT2D eigenvalue weighted by atomic mass is 35.5. The Bertz CT molecular complexity index is 445. The Morgan fingerprint density at radius 2 is 2.00 bits per heavy atom. The van der Waals surface area contributed by atoms with E-state index < -0.39 is 9.84 Å². The van der Waals surface area contributed by atoms with Crippen molar-refractivity contribution >= 4 is 21.4 Å². The lowest BCUT2D eigenvalue weighted by atomic mass is 10.2. The number of sulfone groups is 1. The van der Waals surface area contributed by atoms with Crippen LogP contribution in [0.15, 0.2) is 24.3 Å². The second kappa shape index (κ2) is 5.66. The first-order valence-corrected chi connectivity index (χ1v) is 7.28. The molecule has 0 bridgehead atoms. The molecule has 0 heterocycles. The lowest BCUT2D eigenvalue weighted by Gasteiger charge is -2.10. The first kappa shape index (κ1) is 13.5. The van der Waals surface area contributed by atoms with Crippen LogP contribution in [0.25, 0.3) is 0 Å². The molecule has 1 aromatic carbocycles. The second-order valence-electron chi connectivity index (χ2n) is 3.99. The third kappa shape index (κ3) is 4.12. The van der Waals surface area contributed by atoms with Gasteiger partial charge in [-0.2, -0.15) is 0 Å². The number of benzene rings is 1.